The van der Waals surface area contributed by atoms with E-state index < -0.39 is 0 Å². The van der Waals surface area contributed by atoms with Gasteiger partial charge in [0.15, 0.2) is 0 Å². The van der Waals surface area contributed by atoms with E-state index in [-0.39, 0.29) is 30.3 Å². The molecule has 0 saturated heterocycles. The first kappa shape index (κ1) is 14.6. The average Bonchev–Trinajstić information content (AvgIpc) is 2.45. The van der Waals surface area contributed by atoms with Crippen molar-refractivity contribution < 1.29 is 9.90 Å². The quantitative estimate of drug-likeness (QED) is 0.870. The summed E-state index contributed by atoms with van der Waals surface area (Å²) in [5.41, 5.74) is 6.39. The summed E-state index contributed by atoms with van der Waals surface area (Å²) >= 11 is 0. The van der Waals surface area contributed by atoms with E-state index in [0.29, 0.717) is 11.3 Å². The number of benzene rings is 1. The van der Waals surface area contributed by atoms with Crippen LogP contribution in [0.3, 0.4) is 0 Å². The van der Waals surface area contributed by atoms with Crippen molar-refractivity contribution in [3.8, 4) is 5.75 Å². The number of rotatable bonds is 4. The molecule has 6 nitrogen and oxygen atoms in total. The van der Waals surface area contributed by atoms with E-state index in [2.05, 4.69) is 0 Å². The lowest BCUT2D eigenvalue weighted by Gasteiger charge is -2.18. The fourth-order valence-corrected chi connectivity index (χ4v) is 1.93. The number of carbonyl (C=O) groups excluding carboxylic acids is 1. The number of nitrogens with zero attached hydrogens (tertiary/aromatic N) is 2. The smallest absolute Gasteiger partial charge is 0.251 e. The van der Waals surface area contributed by atoms with E-state index in [1.807, 2.05) is 0 Å². The van der Waals surface area contributed by atoms with Crippen molar-refractivity contribution in [1.82, 2.24) is 9.47 Å². The van der Waals surface area contributed by atoms with Gasteiger partial charge < -0.3 is 20.3 Å². The normalized spacial score (nSPS) is 10.3. The molecule has 0 atom stereocenters. The molecule has 6 heteroatoms. The topological polar surface area (TPSA) is 88.6 Å². The number of nitrogen functional groups attached to an aromatic ring is 1. The summed E-state index contributed by atoms with van der Waals surface area (Å²) in [6, 6.07) is 9.63. The summed E-state index contributed by atoms with van der Waals surface area (Å²) in [4.78, 5) is 25.2. The maximum atomic E-state index is 12.1. The number of hydrogen-bond donors (Lipinski definition) is 2. The van der Waals surface area contributed by atoms with Crippen molar-refractivity contribution in [2.24, 2.45) is 0 Å². The molecule has 1 heterocycles. The zero-order chi connectivity index (χ0) is 15.4. The van der Waals surface area contributed by atoms with Crippen LogP contribution in [0.4, 0.5) is 5.69 Å². The van der Waals surface area contributed by atoms with Crippen molar-refractivity contribution in [3.05, 3.63) is 58.5 Å². The van der Waals surface area contributed by atoms with E-state index in [1.54, 1.807) is 31.3 Å². The van der Waals surface area contributed by atoms with Crippen molar-refractivity contribution in [3.63, 3.8) is 0 Å². The van der Waals surface area contributed by atoms with Crippen LogP contribution in [0.25, 0.3) is 0 Å². The van der Waals surface area contributed by atoms with Crippen LogP contribution >= 0.6 is 0 Å². The maximum Gasteiger partial charge on any atom is 0.251 e. The minimum absolute atomic E-state index is 0.0893. The van der Waals surface area contributed by atoms with Crippen LogP contribution in [-0.4, -0.2) is 27.5 Å². The van der Waals surface area contributed by atoms with E-state index in [0.717, 1.165) is 0 Å². The third-order valence-corrected chi connectivity index (χ3v) is 3.14. The van der Waals surface area contributed by atoms with Gasteiger partial charge in [0, 0.05) is 37.1 Å². The standard InChI is InChI=1S/C15H17N3O3/c1-17(8-11-4-2-3-5-13(11)19)15(21)10-18-9-12(16)6-7-14(18)20/h2-7,9,19H,8,10,16H2,1H3. The second kappa shape index (κ2) is 6.13. The van der Waals surface area contributed by atoms with Gasteiger partial charge in [-0.25, -0.2) is 0 Å². The number of phenolic OH excluding ortho intramolecular Hbond substituents is 1. The van der Waals surface area contributed by atoms with Crippen molar-refractivity contribution in [1.29, 1.82) is 0 Å². The van der Waals surface area contributed by atoms with Crippen LogP contribution in [0.2, 0.25) is 0 Å². The first-order valence-electron chi connectivity index (χ1n) is 6.44. The van der Waals surface area contributed by atoms with Gasteiger partial charge >= 0.3 is 0 Å². The van der Waals surface area contributed by atoms with E-state index in [1.165, 1.54) is 27.8 Å². The number of aromatic hydroxyl groups is 1. The molecule has 0 aliphatic carbocycles. The third-order valence-electron chi connectivity index (χ3n) is 3.14. The molecule has 110 valence electrons. The zero-order valence-corrected chi connectivity index (χ0v) is 11.7. The molecule has 0 saturated carbocycles. The van der Waals surface area contributed by atoms with Gasteiger partial charge in [-0.05, 0) is 12.1 Å². The van der Waals surface area contributed by atoms with Gasteiger partial charge in [-0.2, -0.15) is 0 Å². The van der Waals surface area contributed by atoms with Crippen LogP contribution in [0.1, 0.15) is 5.56 Å². The van der Waals surface area contributed by atoms with Crippen molar-refractivity contribution in [2.75, 3.05) is 12.8 Å². The summed E-state index contributed by atoms with van der Waals surface area (Å²) < 4.78 is 1.26. The number of carbonyl (C=O) groups is 1. The Morgan fingerprint density at radius 3 is 2.71 bits per heavy atom. The van der Waals surface area contributed by atoms with Gasteiger partial charge in [0.25, 0.3) is 5.56 Å². The van der Waals surface area contributed by atoms with Gasteiger partial charge in [-0.1, -0.05) is 18.2 Å². The number of para-hydroxylation sites is 1. The average molecular weight is 287 g/mol. The van der Waals surface area contributed by atoms with Gasteiger partial charge in [0.2, 0.25) is 5.91 Å². The second-order valence-electron chi connectivity index (χ2n) is 4.81. The largest absolute Gasteiger partial charge is 0.508 e. The van der Waals surface area contributed by atoms with Gasteiger partial charge in [0.1, 0.15) is 12.3 Å². The SMILES string of the molecule is CN(Cc1ccccc1O)C(=O)Cn1cc(N)ccc1=O. The number of amides is 1. The predicted octanol–water partition coefficient (Wildman–Crippen LogP) is 0.795. The molecule has 2 rings (SSSR count). The molecule has 21 heavy (non-hydrogen) atoms. The Balaban J connectivity index is 2.08. The Kier molecular flexibility index (Phi) is 4.27. The third kappa shape index (κ3) is 3.62. The molecule has 1 aromatic carbocycles. The molecule has 3 N–H and O–H groups in total. The van der Waals surface area contributed by atoms with Gasteiger partial charge in [0.05, 0.1) is 0 Å². The maximum absolute atomic E-state index is 12.1. The number of anilines is 1. The lowest BCUT2D eigenvalue weighted by molar-refractivity contribution is -0.131. The molecule has 1 aromatic heterocycles. The molecular weight excluding hydrogens is 270 g/mol. The first-order valence-corrected chi connectivity index (χ1v) is 6.44. The second-order valence-corrected chi connectivity index (χ2v) is 4.81. The number of nitrogens with two attached hydrogens (primary N) is 1. The fourth-order valence-electron chi connectivity index (χ4n) is 1.93. The van der Waals surface area contributed by atoms with E-state index in [4.69, 9.17) is 5.73 Å². The Hall–Kier alpha value is -2.76. The minimum Gasteiger partial charge on any atom is -0.508 e. The van der Waals surface area contributed by atoms with Crippen molar-refractivity contribution in [2.45, 2.75) is 13.1 Å². The summed E-state index contributed by atoms with van der Waals surface area (Å²) in [5, 5.41) is 9.70. The highest BCUT2D eigenvalue weighted by molar-refractivity contribution is 5.75. The monoisotopic (exact) mass is 287 g/mol. The Morgan fingerprint density at radius 2 is 2.00 bits per heavy atom. The fraction of sp³-hybridized carbons (Fsp3) is 0.200. The van der Waals surface area contributed by atoms with Crippen molar-refractivity contribution >= 4 is 11.6 Å². The highest BCUT2D eigenvalue weighted by Gasteiger charge is 2.12. The first-order chi connectivity index (χ1) is 9.97. The zero-order valence-electron chi connectivity index (χ0n) is 11.7. The molecule has 0 radical (unpaired) electrons. The lowest BCUT2D eigenvalue weighted by Crippen LogP contribution is -2.33. The van der Waals surface area contributed by atoms with Crippen LogP contribution in [0.5, 0.6) is 5.75 Å². The molecule has 0 bridgehead atoms. The van der Waals surface area contributed by atoms with Crippen LogP contribution in [0.15, 0.2) is 47.4 Å². The molecule has 0 fully saturated rings. The molecular formula is C15H17N3O3. The Morgan fingerprint density at radius 1 is 1.29 bits per heavy atom. The summed E-state index contributed by atoms with van der Waals surface area (Å²) in [5.74, 6) is -0.107. The number of hydrogen-bond acceptors (Lipinski definition) is 4. The number of likely N-dealkylation sites (N-methyl/N-ethyl adjacent to an activating group) is 1. The van der Waals surface area contributed by atoms with Crippen LogP contribution < -0.4 is 11.3 Å². The van der Waals surface area contributed by atoms with E-state index in [9.17, 15) is 14.7 Å². The summed E-state index contributed by atoms with van der Waals surface area (Å²) in [6.07, 6.45) is 1.44. The Labute approximate surface area is 122 Å². The molecule has 0 spiro atoms. The molecule has 0 aliphatic heterocycles. The lowest BCUT2D eigenvalue weighted by atomic mass is 10.2. The number of pyridine rings is 1. The highest BCUT2D eigenvalue weighted by Crippen LogP contribution is 2.17. The number of aromatic nitrogens is 1. The summed E-state index contributed by atoms with van der Waals surface area (Å²) in [6.45, 7) is 0.177. The van der Waals surface area contributed by atoms with Gasteiger partial charge in [-0.15, -0.1) is 0 Å². The predicted molar refractivity (Wildman–Crippen MR) is 79.7 cm³/mol. The molecule has 2 aromatic rings. The Bertz CT molecular complexity index is 709. The highest BCUT2D eigenvalue weighted by atomic mass is 16.3. The van der Waals surface area contributed by atoms with Crippen LogP contribution in [-0.2, 0) is 17.9 Å². The van der Waals surface area contributed by atoms with E-state index >= 15 is 0 Å². The van der Waals surface area contributed by atoms with Crippen LogP contribution in [0, 0.1) is 0 Å². The summed E-state index contributed by atoms with van der Waals surface area (Å²) in [7, 11) is 1.62. The minimum atomic E-state index is -0.284. The number of phenols is 1. The molecule has 1 amide bonds. The van der Waals surface area contributed by atoms with Gasteiger partial charge in [-0.3, -0.25) is 9.59 Å². The molecule has 0 unspecified atom stereocenters. The molecule has 0 aliphatic rings.